The van der Waals surface area contributed by atoms with Crippen LogP contribution in [0.25, 0.3) is 11.3 Å². The summed E-state index contributed by atoms with van der Waals surface area (Å²) >= 11 is 5.89. The Hall–Kier alpha value is -1.85. The van der Waals surface area contributed by atoms with Crippen LogP contribution in [0.1, 0.15) is 6.42 Å². The molecule has 1 aromatic carbocycles. The summed E-state index contributed by atoms with van der Waals surface area (Å²) in [4.78, 5) is 8.29. The van der Waals surface area contributed by atoms with E-state index in [4.69, 9.17) is 23.1 Å². The fourth-order valence-corrected chi connectivity index (χ4v) is 1.80. The third kappa shape index (κ3) is 3.56. The average molecular weight is 278 g/mol. The molecule has 0 atom stereocenters. The first-order chi connectivity index (χ1) is 9.20. The van der Waals surface area contributed by atoms with E-state index in [1.165, 1.54) is 0 Å². The molecule has 0 saturated heterocycles. The molecule has 0 fully saturated rings. The summed E-state index contributed by atoms with van der Waals surface area (Å²) in [6.45, 7) is 1.41. The molecule has 0 bridgehead atoms. The third-order valence-corrected chi connectivity index (χ3v) is 2.87. The van der Waals surface area contributed by atoms with Gasteiger partial charge in [-0.25, -0.2) is 9.97 Å². The molecule has 2 rings (SSSR count). The molecule has 1 heterocycles. The number of nitrogen functional groups attached to an aromatic ring is 1. The van der Waals surface area contributed by atoms with Gasteiger partial charge >= 0.3 is 0 Å². The van der Waals surface area contributed by atoms with Crippen LogP contribution >= 0.6 is 11.6 Å². The summed E-state index contributed by atoms with van der Waals surface area (Å²) in [5.74, 6) is 0.245. The molecule has 0 aliphatic rings. The van der Waals surface area contributed by atoms with Crippen molar-refractivity contribution in [3.05, 3.63) is 35.5 Å². The van der Waals surface area contributed by atoms with Crippen LogP contribution in [0.3, 0.4) is 0 Å². The van der Waals surface area contributed by atoms with E-state index in [2.05, 4.69) is 15.3 Å². The number of aromatic nitrogens is 2. The summed E-state index contributed by atoms with van der Waals surface area (Å²) in [5, 5.41) is 3.94. The number of nitrogens with two attached hydrogens (primary N) is 2. The van der Waals surface area contributed by atoms with Crippen molar-refractivity contribution in [1.29, 1.82) is 0 Å². The lowest BCUT2D eigenvalue weighted by Crippen LogP contribution is -2.10. The van der Waals surface area contributed by atoms with Crippen LogP contribution in [0.4, 0.5) is 11.6 Å². The van der Waals surface area contributed by atoms with E-state index >= 15 is 0 Å². The number of hydrogen-bond donors (Lipinski definition) is 3. The quantitative estimate of drug-likeness (QED) is 0.729. The molecule has 0 unspecified atom stereocenters. The van der Waals surface area contributed by atoms with Gasteiger partial charge in [0.25, 0.3) is 0 Å². The van der Waals surface area contributed by atoms with Crippen LogP contribution in [-0.2, 0) is 0 Å². The highest BCUT2D eigenvalue weighted by Gasteiger charge is 2.08. The van der Waals surface area contributed by atoms with Gasteiger partial charge in [0.1, 0.15) is 0 Å². The maximum Gasteiger partial charge on any atom is 0.220 e. The zero-order valence-electron chi connectivity index (χ0n) is 10.4. The largest absolute Gasteiger partial charge is 0.382 e. The van der Waals surface area contributed by atoms with Gasteiger partial charge in [0.15, 0.2) is 0 Å². The highest BCUT2D eigenvalue weighted by atomic mass is 35.5. The summed E-state index contributed by atoms with van der Waals surface area (Å²) in [7, 11) is 0. The first-order valence-corrected chi connectivity index (χ1v) is 6.41. The van der Waals surface area contributed by atoms with Crippen LogP contribution in [-0.4, -0.2) is 23.1 Å². The molecule has 0 saturated carbocycles. The summed E-state index contributed by atoms with van der Waals surface area (Å²) < 4.78 is 0. The molecule has 5 N–H and O–H groups in total. The standard InChI is InChI=1S/C13H16ClN5/c14-10-4-2-9(3-5-10)12-11(17-7-1-6-15)8-18-13(16)19-12/h2-5,8,17H,1,6-7,15H2,(H2,16,18,19). The van der Waals surface area contributed by atoms with E-state index < -0.39 is 0 Å². The summed E-state index contributed by atoms with van der Waals surface area (Å²) in [5.41, 5.74) is 13.7. The molecule has 0 radical (unpaired) electrons. The first-order valence-electron chi connectivity index (χ1n) is 6.03. The Balaban J connectivity index is 2.31. The zero-order valence-corrected chi connectivity index (χ0v) is 11.2. The lowest BCUT2D eigenvalue weighted by Gasteiger charge is -2.11. The van der Waals surface area contributed by atoms with Crippen LogP contribution < -0.4 is 16.8 Å². The topological polar surface area (TPSA) is 89.8 Å². The molecule has 19 heavy (non-hydrogen) atoms. The monoisotopic (exact) mass is 277 g/mol. The van der Waals surface area contributed by atoms with Gasteiger partial charge in [-0.3, -0.25) is 0 Å². The fourth-order valence-electron chi connectivity index (χ4n) is 1.68. The second-order valence-electron chi connectivity index (χ2n) is 4.07. The second-order valence-corrected chi connectivity index (χ2v) is 4.50. The lowest BCUT2D eigenvalue weighted by atomic mass is 10.1. The van der Waals surface area contributed by atoms with Gasteiger partial charge in [0.2, 0.25) is 5.95 Å². The van der Waals surface area contributed by atoms with Crippen molar-refractivity contribution in [2.24, 2.45) is 5.73 Å². The molecule has 0 amide bonds. The van der Waals surface area contributed by atoms with Crippen LogP contribution in [0.5, 0.6) is 0 Å². The van der Waals surface area contributed by atoms with Crippen molar-refractivity contribution >= 4 is 23.2 Å². The molecule has 0 aliphatic carbocycles. The van der Waals surface area contributed by atoms with E-state index in [0.29, 0.717) is 11.6 Å². The molecule has 2 aromatic rings. The summed E-state index contributed by atoms with van der Waals surface area (Å²) in [6.07, 6.45) is 2.56. The van der Waals surface area contributed by atoms with E-state index in [-0.39, 0.29) is 5.95 Å². The molecule has 1 aromatic heterocycles. The molecule has 100 valence electrons. The van der Waals surface area contributed by atoms with Gasteiger partial charge in [0.05, 0.1) is 17.6 Å². The van der Waals surface area contributed by atoms with E-state index in [1.807, 2.05) is 24.3 Å². The number of benzene rings is 1. The predicted octanol–water partition coefficient (Wildman–Crippen LogP) is 2.14. The number of hydrogen-bond acceptors (Lipinski definition) is 5. The van der Waals surface area contributed by atoms with Crippen molar-refractivity contribution in [3.8, 4) is 11.3 Å². The Morgan fingerprint density at radius 1 is 1.21 bits per heavy atom. The van der Waals surface area contributed by atoms with Crippen molar-refractivity contribution in [1.82, 2.24) is 9.97 Å². The third-order valence-electron chi connectivity index (χ3n) is 2.62. The lowest BCUT2D eigenvalue weighted by molar-refractivity contribution is 0.873. The fraction of sp³-hybridized carbons (Fsp3) is 0.231. The normalized spacial score (nSPS) is 10.4. The van der Waals surface area contributed by atoms with E-state index in [1.54, 1.807) is 6.20 Å². The van der Waals surface area contributed by atoms with Gasteiger partial charge < -0.3 is 16.8 Å². The smallest absolute Gasteiger partial charge is 0.220 e. The average Bonchev–Trinajstić information content (AvgIpc) is 2.41. The Morgan fingerprint density at radius 3 is 2.63 bits per heavy atom. The SMILES string of the molecule is NCCCNc1cnc(N)nc1-c1ccc(Cl)cc1. The minimum absolute atomic E-state index is 0.245. The first kappa shape index (κ1) is 13.6. The maximum absolute atomic E-state index is 5.89. The Bertz CT molecular complexity index is 541. The Morgan fingerprint density at radius 2 is 1.95 bits per heavy atom. The van der Waals surface area contributed by atoms with Gasteiger partial charge in [-0.1, -0.05) is 23.7 Å². The molecule has 6 heteroatoms. The van der Waals surface area contributed by atoms with Gasteiger partial charge in [-0.05, 0) is 25.1 Å². The molecule has 0 aliphatic heterocycles. The number of nitrogens with zero attached hydrogens (tertiary/aromatic N) is 2. The number of anilines is 2. The van der Waals surface area contributed by atoms with Crippen molar-refractivity contribution in [3.63, 3.8) is 0 Å². The number of nitrogens with one attached hydrogen (secondary N) is 1. The summed E-state index contributed by atoms with van der Waals surface area (Å²) in [6, 6.07) is 7.44. The molecular weight excluding hydrogens is 262 g/mol. The van der Waals surface area contributed by atoms with Crippen LogP contribution in [0.15, 0.2) is 30.5 Å². The zero-order chi connectivity index (χ0) is 13.7. The van der Waals surface area contributed by atoms with Crippen LogP contribution in [0.2, 0.25) is 5.02 Å². The minimum Gasteiger partial charge on any atom is -0.382 e. The number of rotatable bonds is 5. The highest BCUT2D eigenvalue weighted by molar-refractivity contribution is 6.30. The minimum atomic E-state index is 0.245. The Labute approximate surface area is 117 Å². The second kappa shape index (κ2) is 6.36. The maximum atomic E-state index is 5.89. The number of halogens is 1. The van der Waals surface area contributed by atoms with Crippen molar-refractivity contribution in [2.75, 3.05) is 24.1 Å². The van der Waals surface area contributed by atoms with E-state index in [0.717, 1.165) is 29.9 Å². The van der Waals surface area contributed by atoms with Gasteiger partial charge in [-0.2, -0.15) is 0 Å². The Kier molecular flexibility index (Phi) is 4.54. The molecule has 0 spiro atoms. The van der Waals surface area contributed by atoms with Gasteiger partial charge in [-0.15, -0.1) is 0 Å². The molecular formula is C13H16ClN5. The van der Waals surface area contributed by atoms with E-state index in [9.17, 15) is 0 Å². The van der Waals surface area contributed by atoms with Crippen molar-refractivity contribution in [2.45, 2.75) is 6.42 Å². The van der Waals surface area contributed by atoms with Crippen molar-refractivity contribution < 1.29 is 0 Å². The van der Waals surface area contributed by atoms with Gasteiger partial charge in [0, 0.05) is 17.1 Å². The molecule has 5 nitrogen and oxygen atoms in total. The predicted molar refractivity (Wildman–Crippen MR) is 79.1 cm³/mol. The van der Waals surface area contributed by atoms with Crippen LogP contribution in [0, 0.1) is 0 Å². The highest BCUT2D eigenvalue weighted by Crippen LogP contribution is 2.27.